The lowest BCUT2D eigenvalue weighted by molar-refractivity contribution is -0.123. The molecule has 6 nitrogen and oxygen atoms in total. The van der Waals surface area contributed by atoms with E-state index in [-0.39, 0.29) is 18.1 Å². The number of aromatic carboxylic acids is 1. The molecular weight excluding hydrogens is 236 g/mol. The molecule has 100 valence electrons. The van der Waals surface area contributed by atoms with Crippen molar-refractivity contribution >= 4 is 11.9 Å². The molecule has 1 heterocycles. The van der Waals surface area contributed by atoms with E-state index >= 15 is 0 Å². The summed E-state index contributed by atoms with van der Waals surface area (Å²) in [7, 11) is 1.56. The standard InChI is InChI=1S/C12H18N2O4/c1-12(2,8-18-3)13-10(15)7-14-6-4-5-9(14)11(16)17/h4-6H,7-8H2,1-3H3,(H,13,15)(H,16,17). The fourth-order valence-corrected chi connectivity index (χ4v) is 1.71. The Morgan fingerprint density at radius 3 is 2.72 bits per heavy atom. The SMILES string of the molecule is COCC(C)(C)NC(=O)Cn1cccc1C(=O)O. The maximum Gasteiger partial charge on any atom is 0.352 e. The molecule has 0 bridgehead atoms. The van der Waals surface area contributed by atoms with E-state index in [9.17, 15) is 9.59 Å². The van der Waals surface area contributed by atoms with Crippen molar-refractivity contribution in [3.8, 4) is 0 Å². The summed E-state index contributed by atoms with van der Waals surface area (Å²) in [5, 5.41) is 11.7. The largest absolute Gasteiger partial charge is 0.477 e. The fraction of sp³-hybridized carbons (Fsp3) is 0.500. The third-order valence-corrected chi connectivity index (χ3v) is 2.35. The van der Waals surface area contributed by atoms with Crippen LogP contribution in [0.1, 0.15) is 24.3 Å². The Labute approximate surface area is 106 Å². The molecule has 6 heteroatoms. The Balaban J connectivity index is 2.65. The number of carbonyl (C=O) groups is 2. The van der Waals surface area contributed by atoms with Crippen LogP contribution in [0.2, 0.25) is 0 Å². The maximum absolute atomic E-state index is 11.8. The summed E-state index contributed by atoms with van der Waals surface area (Å²) >= 11 is 0. The second kappa shape index (κ2) is 5.68. The van der Waals surface area contributed by atoms with Crippen molar-refractivity contribution in [3.05, 3.63) is 24.0 Å². The first-order chi connectivity index (χ1) is 8.35. The summed E-state index contributed by atoms with van der Waals surface area (Å²) in [6.45, 7) is 4.03. The van der Waals surface area contributed by atoms with Crippen molar-refractivity contribution in [1.82, 2.24) is 9.88 Å². The Hall–Kier alpha value is -1.82. The van der Waals surface area contributed by atoms with Crippen molar-refractivity contribution in [3.63, 3.8) is 0 Å². The molecule has 0 aliphatic carbocycles. The number of ether oxygens (including phenoxy) is 1. The highest BCUT2D eigenvalue weighted by atomic mass is 16.5. The third-order valence-electron chi connectivity index (χ3n) is 2.35. The molecule has 0 saturated heterocycles. The lowest BCUT2D eigenvalue weighted by Crippen LogP contribution is -2.48. The number of rotatable bonds is 6. The molecule has 1 rings (SSSR count). The number of aromatic nitrogens is 1. The minimum absolute atomic E-state index is 0.0260. The van der Waals surface area contributed by atoms with Crippen molar-refractivity contribution < 1.29 is 19.4 Å². The van der Waals surface area contributed by atoms with Gasteiger partial charge >= 0.3 is 5.97 Å². The fourth-order valence-electron chi connectivity index (χ4n) is 1.71. The zero-order chi connectivity index (χ0) is 13.8. The van der Waals surface area contributed by atoms with Gasteiger partial charge in [0, 0.05) is 13.3 Å². The van der Waals surface area contributed by atoms with Crippen LogP contribution in [-0.2, 0) is 16.1 Å². The molecule has 0 fully saturated rings. The molecule has 0 spiro atoms. The molecule has 1 aromatic rings. The number of carbonyl (C=O) groups excluding carboxylic acids is 1. The first-order valence-corrected chi connectivity index (χ1v) is 5.54. The summed E-state index contributed by atoms with van der Waals surface area (Å²) < 4.78 is 6.38. The lowest BCUT2D eigenvalue weighted by Gasteiger charge is -2.25. The van der Waals surface area contributed by atoms with Crippen LogP contribution in [0.3, 0.4) is 0 Å². The molecule has 0 aromatic carbocycles. The first-order valence-electron chi connectivity index (χ1n) is 5.54. The maximum atomic E-state index is 11.8. The van der Waals surface area contributed by atoms with E-state index in [1.807, 2.05) is 13.8 Å². The van der Waals surface area contributed by atoms with Gasteiger partial charge in [0.25, 0.3) is 0 Å². The van der Waals surface area contributed by atoms with Crippen molar-refractivity contribution in [2.24, 2.45) is 0 Å². The number of hydrogen-bond acceptors (Lipinski definition) is 3. The number of carboxylic acids is 1. The van der Waals surface area contributed by atoms with E-state index in [1.54, 1.807) is 19.4 Å². The van der Waals surface area contributed by atoms with Crippen LogP contribution in [0.25, 0.3) is 0 Å². The predicted molar refractivity (Wildman–Crippen MR) is 65.5 cm³/mol. The number of methoxy groups -OCH3 is 1. The van der Waals surface area contributed by atoms with Gasteiger partial charge in [-0.2, -0.15) is 0 Å². The number of nitrogens with one attached hydrogen (secondary N) is 1. The van der Waals surface area contributed by atoms with Gasteiger partial charge in [0.15, 0.2) is 0 Å². The monoisotopic (exact) mass is 254 g/mol. The molecule has 1 aromatic heterocycles. The van der Waals surface area contributed by atoms with Crippen molar-refractivity contribution in [2.45, 2.75) is 25.9 Å². The summed E-state index contributed by atoms with van der Waals surface area (Å²) in [5.41, 5.74) is -0.391. The van der Waals surface area contributed by atoms with Gasteiger partial charge in [-0.25, -0.2) is 4.79 Å². The number of carboxylic acid groups (broad SMARTS) is 1. The number of hydrogen-bond donors (Lipinski definition) is 2. The summed E-state index contributed by atoms with van der Waals surface area (Å²) in [6, 6.07) is 3.05. The van der Waals surface area contributed by atoms with Gasteiger partial charge in [-0.1, -0.05) is 0 Å². The van der Waals surface area contributed by atoms with Crippen LogP contribution in [-0.4, -0.2) is 40.8 Å². The van der Waals surface area contributed by atoms with E-state index < -0.39 is 11.5 Å². The van der Waals surface area contributed by atoms with E-state index in [0.717, 1.165) is 0 Å². The zero-order valence-electron chi connectivity index (χ0n) is 10.8. The topological polar surface area (TPSA) is 80.6 Å². The van der Waals surface area contributed by atoms with Crippen LogP contribution >= 0.6 is 0 Å². The van der Waals surface area contributed by atoms with Gasteiger partial charge in [-0.05, 0) is 26.0 Å². The molecule has 1 amide bonds. The van der Waals surface area contributed by atoms with Gasteiger partial charge in [0.1, 0.15) is 12.2 Å². The Morgan fingerprint density at radius 2 is 2.17 bits per heavy atom. The highest BCUT2D eigenvalue weighted by Crippen LogP contribution is 2.05. The first kappa shape index (κ1) is 14.2. The minimum atomic E-state index is -1.05. The van der Waals surface area contributed by atoms with Crippen molar-refractivity contribution in [1.29, 1.82) is 0 Å². The molecule has 0 aliphatic heterocycles. The number of nitrogens with zero attached hydrogens (tertiary/aromatic N) is 1. The van der Waals surface area contributed by atoms with E-state index in [0.29, 0.717) is 6.61 Å². The van der Waals surface area contributed by atoms with Crippen LogP contribution < -0.4 is 5.32 Å². The van der Waals surface area contributed by atoms with Gasteiger partial charge in [0.05, 0.1) is 12.1 Å². The van der Waals surface area contributed by atoms with E-state index in [1.165, 1.54) is 10.6 Å². The Bertz CT molecular complexity index is 437. The molecule has 2 N–H and O–H groups in total. The summed E-state index contributed by atoms with van der Waals surface area (Å²) in [6.07, 6.45) is 1.56. The van der Waals surface area contributed by atoms with Crippen LogP contribution in [0.5, 0.6) is 0 Å². The van der Waals surface area contributed by atoms with E-state index in [2.05, 4.69) is 5.32 Å². The Morgan fingerprint density at radius 1 is 1.50 bits per heavy atom. The lowest BCUT2D eigenvalue weighted by atomic mass is 10.1. The molecule has 0 saturated carbocycles. The normalized spacial score (nSPS) is 11.3. The quantitative estimate of drug-likeness (QED) is 0.784. The zero-order valence-corrected chi connectivity index (χ0v) is 10.8. The average Bonchev–Trinajstić information content (AvgIpc) is 2.64. The highest BCUT2D eigenvalue weighted by Gasteiger charge is 2.21. The Kier molecular flexibility index (Phi) is 4.49. The van der Waals surface area contributed by atoms with Gasteiger partial charge in [0.2, 0.25) is 5.91 Å². The highest BCUT2D eigenvalue weighted by molar-refractivity contribution is 5.87. The van der Waals surface area contributed by atoms with Gasteiger partial charge < -0.3 is 19.7 Å². The molecule has 0 atom stereocenters. The minimum Gasteiger partial charge on any atom is -0.477 e. The third kappa shape index (κ3) is 3.89. The summed E-state index contributed by atoms with van der Waals surface area (Å²) in [5.74, 6) is -1.31. The molecule has 0 unspecified atom stereocenters. The second-order valence-electron chi connectivity index (χ2n) is 4.69. The molecule has 0 aliphatic rings. The summed E-state index contributed by atoms with van der Waals surface area (Å²) in [4.78, 5) is 22.7. The number of amides is 1. The van der Waals surface area contributed by atoms with Gasteiger partial charge in [-0.3, -0.25) is 4.79 Å². The van der Waals surface area contributed by atoms with Crippen LogP contribution in [0.15, 0.2) is 18.3 Å². The van der Waals surface area contributed by atoms with Crippen LogP contribution in [0.4, 0.5) is 0 Å². The molecule has 0 radical (unpaired) electrons. The second-order valence-corrected chi connectivity index (χ2v) is 4.69. The smallest absolute Gasteiger partial charge is 0.352 e. The average molecular weight is 254 g/mol. The van der Waals surface area contributed by atoms with Gasteiger partial charge in [-0.15, -0.1) is 0 Å². The predicted octanol–water partition coefficient (Wildman–Crippen LogP) is 0.727. The van der Waals surface area contributed by atoms with Crippen LogP contribution in [0, 0.1) is 0 Å². The van der Waals surface area contributed by atoms with Crippen molar-refractivity contribution in [2.75, 3.05) is 13.7 Å². The molecular formula is C12H18N2O4. The van der Waals surface area contributed by atoms with E-state index in [4.69, 9.17) is 9.84 Å². The molecule has 18 heavy (non-hydrogen) atoms.